The maximum absolute atomic E-state index is 14.1. The second kappa shape index (κ2) is 6.32. The van der Waals surface area contributed by atoms with Gasteiger partial charge in [-0.2, -0.15) is 4.31 Å². The first-order valence-corrected chi connectivity index (χ1v) is 8.89. The molecule has 0 amide bonds. The molecule has 1 aliphatic rings. The van der Waals surface area contributed by atoms with Crippen molar-refractivity contribution >= 4 is 15.7 Å². The third-order valence-electron chi connectivity index (χ3n) is 4.20. The Morgan fingerprint density at radius 2 is 1.90 bits per heavy atom. The number of rotatable bonds is 4. The molecular formula is C15H23FN2O2S. The summed E-state index contributed by atoms with van der Waals surface area (Å²) in [6.07, 6.45) is 4.87. The zero-order valence-electron chi connectivity index (χ0n) is 12.6. The predicted molar refractivity (Wildman–Crippen MR) is 82.0 cm³/mol. The van der Waals surface area contributed by atoms with E-state index in [2.05, 4.69) is 0 Å². The molecule has 1 aliphatic carbocycles. The number of anilines is 1. The zero-order chi connectivity index (χ0) is 15.6. The summed E-state index contributed by atoms with van der Waals surface area (Å²) < 4.78 is 41.1. The SMILES string of the molecule is CCN(C1CCCCC1)S(=O)(=O)c1cc(N)c(C)cc1F. The standard InChI is InChI=1S/C15H23FN2O2S/c1-3-18(12-7-5-4-6-8-12)21(19,20)15-10-14(17)11(2)9-13(15)16/h9-10,12H,3-8,17H2,1-2H3. The van der Waals surface area contributed by atoms with Gasteiger partial charge in [-0.3, -0.25) is 0 Å². The molecule has 0 atom stereocenters. The van der Waals surface area contributed by atoms with Crippen LogP contribution in [0.3, 0.4) is 0 Å². The number of nitrogen functional groups attached to an aromatic ring is 1. The Balaban J connectivity index is 2.41. The first-order chi connectivity index (χ1) is 9.87. The summed E-state index contributed by atoms with van der Waals surface area (Å²) >= 11 is 0. The lowest BCUT2D eigenvalue weighted by molar-refractivity contribution is 0.260. The van der Waals surface area contributed by atoms with Gasteiger partial charge in [-0.25, -0.2) is 12.8 Å². The van der Waals surface area contributed by atoms with Crippen LogP contribution in [0.2, 0.25) is 0 Å². The molecule has 1 fully saturated rings. The number of sulfonamides is 1. The minimum absolute atomic E-state index is 0.0318. The van der Waals surface area contributed by atoms with Gasteiger partial charge < -0.3 is 5.73 Å². The van der Waals surface area contributed by atoms with Crippen LogP contribution in [0.4, 0.5) is 10.1 Å². The number of aryl methyl sites for hydroxylation is 1. The molecule has 2 N–H and O–H groups in total. The number of nitrogens with zero attached hydrogens (tertiary/aromatic N) is 1. The van der Waals surface area contributed by atoms with Crippen LogP contribution in [-0.2, 0) is 10.0 Å². The summed E-state index contributed by atoms with van der Waals surface area (Å²) in [5, 5.41) is 0. The number of hydrogen-bond donors (Lipinski definition) is 1. The van der Waals surface area contributed by atoms with E-state index in [1.165, 1.54) is 16.4 Å². The van der Waals surface area contributed by atoms with E-state index in [0.29, 0.717) is 17.8 Å². The molecule has 1 saturated carbocycles. The van der Waals surface area contributed by atoms with Gasteiger partial charge in [-0.1, -0.05) is 26.2 Å². The van der Waals surface area contributed by atoms with E-state index in [1.807, 2.05) is 0 Å². The molecule has 0 spiro atoms. The Hall–Kier alpha value is -1.14. The van der Waals surface area contributed by atoms with Crippen LogP contribution in [0, 0.1) is 12.7 Å². The Morgan fingerprint density at radius 3 is 2.48 bits per heavy atom. The fourth-order valence-electron chi connectivity index (χ4n) is 2.99. The van der Waals surface area contributed by atoms with Crippen molar-refractivity contribution < 1.29 is 12.8 Å². The Bertz CT molecular complexity index is 610. The number of benzene rings is 1. The van der Waals surface area contributed by atoms with E-state index in [-0.39, 0.29) is 10.9 Å². The third-order valence-corrected chi connectivity index (χ3v) is 6.24. The molecule has 0 radical (unpaired) electrons. The van der Waals surface area contributed by atoms with Crippen LogP contribution in [-0.4, -0.2) is 25.3 Å². The van der Waals surface area contributed by atoms with E-state index in [0.717, 1.165) is 32.1 Å². The van der Waals surface area contributed by atoms with Crippen LogP contribution < -0.4 is 5.73 Å². The van der Waals surface area contributed by atoms with Gasteiger partial charge in [0.05, 0.1) is 0 Å². The highest BCUT2D eigenvalue weighted by Gasteiger charge is 2.33. The van der Waals surface area contributed by atoms with Crippen molar-refractivity contribution in [3.05, 3.63) is 23.5 Å². The van der Waals surface area contributed by atoms with E-state index in [1.54, 1.807) is 13.8 Å². The highest BCUT2D eigenvalue weighted by molar-refractivity contribution is 7.89. The maximum Gasteiger partial charge on any atom is 0.246 e. The van der Waals surface area contributed by atoms with E-state index in [4.69, 9.17) is 5.73 Å². The number of hydrogen-bond acceptors (Lipinski definition) is 3. The van der Waals surface area contributed by atoms with Crippen molar-refractivity contribution in [3.8, 4) is 0 Å². The molecule has 6 heteroatoms. The first kappa shape index (κ1) is 16.2. The first-order valence-electron chi connectivity index (χ1n) is 7.45. The molecule has 0 heterocycles. The fraction of sp³-hybridized carbons (Fsp3) is 0.600. The van der Waals surface area contributed by atoms with Gasteiger partial charge in [-0.15, -0.1) is 0 Å². The van der Waals surface area contributed by atoms with Crippen molar-refractivity contribution in [2.45, 2.75) is 56.9 Å². The second-order valence-electron chi connectivity index (χ2n) is 5.64. The topological polar surface area (TPSA) is 63.4 Å². The summed E-state index contributed by atoms with van der Waals surface area (Å²) in [5.41, 5.74) is 6.61. The number of nitrogens with two attached hydrogens (primary N) is 1. The fourth-order valence-corrected chi connectivity index (χ4v) is 4.76. The molecule has 0 bridgehead atoms. The molecule has 21 heavy (non-hydrogen) atoms. The molecule has 0 saturated heterocycles. The molecule has 1 aromatic carbocycles. The van der Waals surface area contributed by atoms with E-state index in [9.17, 15) is 12.8 Å². The van der Waals surface area contributed by atoms with Crippen LogP contribution in [0.1, 0.15) is 44.6 Å². The van der Waals surface area contributed by atoms with Crippen LogP contribution >= 0.6 is 0 Å². The third kappa shape index (κ3) is 3.21. The van der Waals surface area contributed by atoms with Gasteiger partial charge in [0.2, 0.25) is 10.0 Å². The molecule has 118 valence electrons. The van der Waals surface area contributed by atoms with Crippen molar-refractivity contribution in [3.63, 3.8) is 0 Å². The molecule has 0 unspecified atom stereocenters. The lowest BCUT2D eigenvalue weighted by atomic mass is 9.95. The minimum Gasteiger partial charge on any atom is -0.398 e. The summed E-state index contributed by atoms with van der Waals surface area (Å²) in [7, 11) is -3.84. The molecule has 4 nitrogen and oxygen atoms in total. The second-order valence-corrected chi connectivity index (χ2v) is 7.50. The summed E-state index contributed by atoms with van der Waals surface area (Å²) in [6, 6.07) is 2.40. The monoisotopic (exact) mass is 314 g/mol. The van der Waals surface area contributed by atoms with Gasteiger partial charge in [0.15, 0.2) is 0 Å². The Labute approximate surface area is 126 Å². The van der Waals surface area contributed by atoms with Crippen LogP contribution in [0.15, 0.2) is 17.0 Å². The van der Waals surface area contributed by atoms with Gasteiger partial charge in [0.1, 0.15) is 10.7 Å². The highest BCUT2D eigenvalue weighted by Crippen LogP contribution is 2.30. The smallest absolute Gasteiger partial charge is 0.246 e. The van der Waals surface area contributed by atoms with Gasteiger partial charge in [0, 0.05) is 18.3 Å². The zero-order valence-corrected chi connectivity index (χ0v) is 13.4. The van der Waals surface area contributed by atoms with Crippen molar-refractivity contribution in [1.29, 1.82) is 0 Å². The lowest BCUT2D eigenvalue weighted by Crippen LogP contribution is -2.41. The normalized spacial score (nSPS) is 17.3. The quantitative estimate of drug-likeness (QED) is 0.869. The summed E-state index contributed by atoms with van der Waals surface area (Å²) in [5.74, 6) is -0.726. The molecule has 0 aromatic heterocycles. The van der Waals surface area contributed by atoms with Crippen LogP contribution in [0.5, 0.6) is 0 Å². The Morgan fingerprint density at radius 1 is 1.29 bits per heavy atom. The molecule has 0 aliphatic heterocycles. The van der Waals surface area contributed by atoms with Gasteiger partial charge in [-0.05, 0) is 37.5 Å². The largest absolute Gasteiger partial charge is 0.398 e. The molecular weight excluding hydrogens is 291 g/mol. The van der Waals surface area contributed by atoms with Gasteiger partial charge in [0.25, 0.3) is 0 Å². The van der Waals surface area contributed by atoms with Crippen molar-refractivity contribution in [2.75, 3.05) is 12.3 Å². The van der Waals surface area contributed by atoms with Crippen molar-refractivity contribution in [2.24, 2.45) is 0 Å². The summed E-state index contributed by atoms with van der Waals surface area (Å²) in [6.45, 7) is 3.80. The lowest BCUT2D eigenvalue weighted by Gasteiger charge is -2.32. The average Bonchev–Trinajstić information content (AvgIpc) is 2.44. The maximum atomic E-state index is 14.1. The van der Waals surface area contributed by atoms with E-state index >= 15 is 0 Å². The van der Waals surface area contributed by atoms with E-state index < -0.39 is 15.8 Å². The average molecular weight is 314 g/mol. The predicted octanol–water partition coefficient (Wildman–Crippen LogP) is 3.06. The minimum atomic E-state index is -3.84. The molecule has 2 rings (SSSR count). The van der Waals surface area contributed by atoms with Crippen molar-refractivity contribution in [1.82, 2.24) is 4.31 Å². The van der Waals surface area contributed by atoms with Crippen LogP contribution in [0.25, 0.3) is 0 Å². The summed E-state index contributed by atoms with van der Waals surface area (Å²) in [4.78, 5) is -0.307. The molecule has 1 aromatic rings. The Kier molecular flexibility index (Phi) is 4.88. The highest BCUT2D eigenvalue weighted by atomic mass is 32.2. The van der Waals surface area contributed by atoms with Gasteiger partial charge >= 0.3 is 0 Å². The number of halogens is 1.